The molecule has 0 bridgehead atoms. The summed E-state index contributed by atoms with van der Waals surface area (Å²) in [6.07, 6.45) is 5.34. The van der Waals surface area contributed by atoms with Crippen molar-refractivity contribution in [2.45, 2.75) is 26.3 Å². The van der Waals surface area contributed by atoms with Crippen molar-refractivity contribution in [1.82, 2.24) is 15.3 Å². The van der Waals surface area contributed by atoms with Gasteiger partial charge in [0.2, 0.25) is 5.88 Å². The van der Waals surface area contributed by atoms with Crippen molar-refractivity contribution in [3.63, 3.8) is 0 Å². The molecule has 0 radical (unpaired) electrons. The standard InChI is InChI=1S/C14H25N3O3/c1-3-5-15-10-13-11-17-14(12-16-13)20-7-4-6-19-9-8-18-2/h11-12,15H,3-10H2,1-2H3. The number of nitrogens with zero attached hydrogens (tertiary/aromatic N) is 2. The molecule has 20 heavy (non-hydrogen) atoms. The van der Waals surface area contributed by atoms with Crippen molar-refractivity contribution in [1.29, 1.82) is 0 Å². The highest BCUT2D eigenvalue weighted by Crippen LogP contribution is 2.04. The molecule has 1 aromatic heterocycles. The van der Waals surface area contributed by atoms with E-state index in [-0.39, 0.29) is 0 Å². The van der Waals surface area contributed by atoms with Gasteiger partial charge in [-0.25, -0.2) is 4.98 Å². The molecule has 1 aromatic rings. The first kappa shape index (κ1) is 16.8. The Bertz CT molecular complexity index is 333. The molecule has 0 aliphatic heterocycles. The number of aromatic nitrogens is 2. The minimum Gasteiger partial charge on any atom is -0.476 e. The fourth-order valence-corrected chi connectivity index (χ4v) is 1.48. The molecule has 0 aromatic carbocycles. The predicted molar refractivity (Wildman–Crippen MR) is 76.8 cm³/mol. The Labute approximate surface area is 120 Å². The maximum Gasteiger partial charge on any atom is 0.232 e. The van der Waals surface area contributed by atoms with E-state index in [1.807, 2.05) is 0 Å². The van der Waals surface area contributed by atoms with E-state index in [2.05, 4.69) is 22.2 Å². The summed E-state index contributed by atoms with van der Waals surface area (Å²) in [7, 11) is 1.66. The lowest BCUT2D eigenvalue weighted by molar-refractivity contribution is 0.0642. The normalized spacial score (nSPS) is 10.7. The van der Waals surface area contributed by atoms with Gasteiger partial charge < -0.3 is 19.5 Å². The highest BCUT2D eigenvalue weighted by atomic mass is 16.5. The lowest BCUT2D eigenvalue weighted by Crippen LogP contribution is -2.15. The van der Waals surface area contributed by atoms with E-state index in [0.717, 1.165) is 31.6 Å². The molecule has 0 unspecified atom stereocenters. The third-order valence-corrected chi connectivity index (χ3v) is 2.53. The van der Waals surface area contributed by atoms with Crippen LogP contribution in [-0.4, -0.2) is 50.1 Å². The van der Waals surface area contributed by atoms with Gasteiger partial charge >= 0.3 is 0 Å². The molecule has 1 N–H and O–H groups in total. The molecule has 6 nitrogen and oxygen atoms in total. The van der Waals surface area contributed by atoms with Crippen LogP contribution in [0.2, 0.25) is 0 Å². The molecule has 114 valence electrons. The summed E-state index contributed by atoms with van der Waals surface area (Å²) in [6, 6.07) is 0. The molecule has 0 fully saturated rings. The molecule has 1 rings (SSSR count). The summed E-state index contributed by atoms with van der Waals surface area (Å²) < 4.78 is 15.7. The van der Waals surface area contributed by atoms with Crippen molar-refractivity contribution in [2.75, 3.05) is 40.1 Å². The Morgan fingerprint density at radius 1 is 1.10 bits per heavy atom. The van der Waals surface area contributed by atoms with Gasteiger partial charge in [0.05, 0.1) is 37.9 Å². The lowest BCUT2D eigenvalue weighted by Gasteiger charge is -2.07. The van der Waals surface area contributed by atoms with Gasteiger partial charge in [-0.2, -0.15) is 0 Å². The minimum absolute atomic E-state index is 0.557. The number of ether oxygens (including phenoxy) is 3. The van der Waals surface area contributed by atoms with Gasteiger partial charge in [0.15, 0.2) is 0 Å². The first-order valence-corrected chi connectivity index (χ1v) is 7.08. The van der Waals surface area contributed by atoms with Crippen molar-refractivity contribution >= 4 is 0 Å². The quantitative estimate of drug-likeness (QED) is 0.585. The average Bonchev–Trinajstić information content (AvgIpc) is 2.48. The van der Waals surface area contributed by atoms with Crippen LogP contribution < -0.4 is 10.1 Å². The molecule has 0 amide bonds. The summed E-state index contributed by atoms with van der Waals surface area (Å²) in [5.41, 5.74) is 0.925. The molecular weight excluding hydrogens is 258 g/mol. The van der Waals surface area contributed by atoms with E-state index in [1.54, 1.807) is 19.5 Å². The molecule has 0 atom stereocenters. The van der Waals surface area contributed by atoms with Crippen molar-refractivity contribution in [2.24, 2.45) is 0 Å². The number of methoxy groups -OCH3 is 1. The molecular formula is C14H25N3O3. The average molecular weight is 283 g/mol. The lowest BCUT2D eigenvalue weighted by atomic mass is 10.4. The van der Waals surface area contributed by atoms with Gasteiger partial charge in [-0.1, -0.05) is 6.92 Å². The number of rotatable bonds is 12. The van der Waals surface area contributed by atoms with E-state index in [0.29, 0.717) is 32.3 Å². The Balaban J connectivity index is 2.08. The SMILES string of the molecule is CCCNCc1cnc(OCCCOCCOC)cn1. The van der Waals surface area contributed by atoms with Crippen LogP contribution >= 0.6 is 0 Å². The van der Waals surface area contributed by atoms with Crippen LogP contribution in [-0.2, 0) is 16.0 Å². The van der Waals surface area contributed by atoms with Crippen LogP contribution in [0.3, 0.4) is 0 Å². The summed E-state index contributed by atoms with van der Waals surface area (Å²) in [5.74, 6) is 0.557. The predicted octanol–water partition coefficient (Wildman–Crippen LogP) is 1.41. The summed E-state index contributed by atoms with van der Waals surface area (Å²) in [5, 5.41) is 3.28. The zero-order chi connectivity index (χ0) is 14.5. The topological polar surface area (TPSA) is 65.5 Å². The first-order chi connectivity index (χ1) is 9.86. The van der Waals surface area contributed by atoms with Gasteiger partial charge in [-0.15, -0.1) is 0 Å². The maximum absolute atomic E-state index is 5.49. The first-order valence-electron chi connectivity index (χ1n) is 7.08. The van der Waals surface area contributed by atoms with Gasteiger partial charge in [-0.3, -0.25) is 4.98 Å². The second kappa shape index (κ2) is 11.6. The maximum atomic E-state index is 5.49. The van der Waals surface area contributed by atoms with Crippen LogP contribution in [0.1, 0.15) is 25.5 Å². The van der Waals surface area contributed by atoms with Crippen LogP contribution in [0.5, 0.6) is 5.88 Å². The third kappa shape index (κ3) is 8.04. The Hall–Kier alpha value is -1.24. The Morgan fingerprint density at radius 3 is 2.70 bits per heavy atom. The van der Waals surface area contributed by atoms with Crippen LogP contribution in [0.4, 0.5) is 0 Å². The molecule has 0 aliphatic carbocycles. The largest absolute Gasteiger partial charge is 0.476 e. The zero-order valence-corrected chi connectivity index (χ0v) is 12.4. The fourth-order valence-electron chi connectivity index (χ4n) is 1.48. The van der Waals surface area contributed by atoms with Crippen LogP contribution in [0.25, 0.3) is 0 Å². The molecule has 6 heteroatoms. The highest BCUT2D eigenvalue weighted by Gasteiger charge is 1.98. The number of hydrogen-bond donors (Lipinski definition) is 1. The van der Waals surface area contributed by atoms with E-state index in [9.17, 15) is 0 Å². The zero-order valence-electron chi connectivity index (χ0n) is 12.4. The van der Waals surface area contributed by atoms with Crippen LogP contribution in [0.15, 0.2) is 12.4 Å². The molecule has 0 aliphatic rings. The minimum atomic E-state index is 0.557. The van der Waals surface area contributed by atoms with Crippen molar-refractivity contribution in [3.05, 3.63) is 18.1 Å². The Kier molecular flexibility index (Phi) is 9.73. The number of hydrogen-bond acceptors (Lipinski definition) is 6. The molecule has 0 saturated heterocycles. The van der Waals surface area contributed by atoms with E-state index >= 15 is 0 Å². The smallest absolute Gasteiger partial charge is 0.232 e. The molecule has 0 saturated carbocycles. The van der Waals surface area contributed by atoms with E-state index in [4.69, 9.17) is 14.2 Å². The van der Waals surface area contributed by atoms with Crippen LogP contribution in [0, 0.1) is 0 Å². The van der Waals surface area contributed by atoms with Crippen molar-refractivity contribution < 1.29 is 14.2 Å². The Morgan fingerprint density at radius 2 is 2.00 bits per heavy atom. The second-order valence-electron chi connectivity index (χ2n) is 4.33. The monoisotopic (exact) mass is 283 g/mol. The fraction of sp³-hybridized carbons (Fsp3) is 0.714. The summed E-state index contributed by atoms with van der Waals surface area (Å²) in [6.45, 7) is 6.35. The van der Waals surface area contributed by atoms with Crippen molar-refractivity contribution in [3.8, 4) is 5.88 Å². The van der Waals surface area contributed by atoms with Gasteiger partial charge in [0.25, 0.3) is 0 Å². The van der Waals surface area contributed by atoms with E-state index in [1.165, 1.54) is 0 Å². The number of nitrogens with one attached hydrogen (secondary N) is 1. The molecule has 1 heterocycles. The second-order valence-corrected chi connectivity index (χ2v) is 4.33. The highest BCUT2D eigenvalue weighted by molar-refractivity contribution is 5.06. The van der Waals surface area contributed by atoms with E-state index < -0.39 is 0 Å². The van der Waals surface area contributed by atoms with Gasteiger partial charge in [0.1, 0.15) is 0 Å². The third-order valence-electron chi connectivity index (χ3n) is 2.53. The molecule has 0 spiro atoms. The van der Waals surface area contributed by atoms with Gasteiger partial charge in [-0.05, 0) is 13.0 Å². The summed E-state index contributed by atoms with van der Waals surface area (Å²) >= 11 is 0. The van der Waals surface area contributed by atoms with Gasteiger partial charge in [0, 0.05) is 26.7 Å². The summed E-state index contributed by atoms with van der Waals surface area (Å²) in [4.78, 5) is 8.51.